The van der Waals surface area contributed by atoms with Crippen LogP contribution in [0.15, 0.2) is 24.5 Å². The molecule has 358 valence electrons. The largest absolute Gasteiger partial charge is 0.458 e. The zero-order chi connectivity index (χ0) is 46.8. The third-order valence-corrected chi connectivity index (χ3v) is 14.7. The van der Waals surface area contributed by atoms with E-state index in [-0.39, 0.29) is 37.2 Å². The molecule has 5 rings (SSSR count). The fraction of sp³-hybridized carbons (Fsp3) is 0.830. The SMILES string of the molecule is CC[C@H]1OC(=O)[C@H](C)[C@@H](OC2C[C@@](C)(OC)[C@@H](O)[C@H](C)O2)[C@H](C)[C@@H](O[C@@H]2O[C@H](C)C[C@H](N(C)C)[C@H]2O)[C@](C)(OC)C[C@@H](C)C(=O)[C@H](C)[C@@H]2N(CCCc3ccncc3)C(=O)O[C@@]21C. The van der Waals surface area contributed by atoms with Crippen LogP contribution in [0.25, 0.3) is 0 Å². The molecule has 1 unspecified atom stereocenters. The number of carbonyl (C=O) groups is 3. The minimum atomic E-state index is -1.40. The van der Waals surface area contributed by atoms with Crippen LogP contribution in [0.2, 0.25) is 0 Å². The first-order valence-electron chi connectivity index (χ1n) is 22.9. The van der Waals surface area contributed by atoms with Crippen LogP contribution in [0.5, 0.6) is 0 Å². The molecule has 16 nitrogen and oxygen atoms in total. The number of cyclic esters (lactones) is 1. The number of amides is 1. The molecular weight excluding hydrogens is 815 g/mol. The lowest BCUT2D eigenvalue weighted by atomic mass is 9.73. The van der Waals surface area contributed by atoms with E-state index in [0.29, 0.717) is 25.8 Å². The lowest BCUT2D eigenvalue weighted by Crippen LogP contribution is -2.61. The highest BCUT2D eigenvalue weighted by Gasteiger charge is 2.61. The predicted molar refractivity (Wildman–Crippen MR) is 232 cm³/mol. The number of fused-ring (bicyclic) bond motifs is 1. The second kappa shape index (κ2) is 20.8. The lowest BCUT2D eigenvalue weighted by molar-refractivity contribution is -0.319. The Balaban J connectivity index is 1.61. The molecule has 0 aliphatic carbocycles. The fourth-order valence-electron chi connectivity index (χ4n) is 10.9. The number of ether oxygens (including phenoxy) is 8. The highest BCUT2D eigenvalue weighted by molar-refractivity contribution is 5.85. The first-order valence-corrected chi connectivity index (χ1v) is 22.9. The molecule has 0 spiro atoms. The van der Waals surface area contributed by atoms with E-state index in [9.17, 15) is 24.6 Å². The minimum Gasteiger partial charge on any atom is -0.458 e. The summed E-state index contributed by atoms with van der Waals surface area (Å²) in [6, 6.07) is 2.79. The zero-order valence-corrected chi connectivity index (χ0v) is 40.1. The maximum Gasteiger partial charge on any atom is 0.410 e. The van der Waals surface area contributed by atoms with Gasteiger partial charge in [0.1, 0.15) is 24.1 Å². The molecule has 0 aromatic carbocycles. The number of esters is 1. The number of nitrogens with zero attached hydrogens (tertiary/aromatic N) is 3. The molecule has 63 heavy (non-hydrogen) atoms. The van der Waals surface area contributed by atoms with E-state index in [1.54, 1.807) is 52.1 Å². The molecule has 0 bridgehead atoms. The number of aliphatic hydroxyl groups excluding tert-OH is 2. The smallest absolute Gasteiger partial charge is 0.410 e. The Morgan fingerprint density at radius 3 is 2.16 bits per heavy atom. The minimum absolute atomic E-state index is 0.130. The quantitative estimate of drug-likeness (QED) is 0.269. The van der Waals surface area contributed by atoms with Gasteiger partial charge in [-0.15, -0.1) is 0 Å². The molecule has 1 aromatic rings. The summed E-state index contributed by atoms with van der Waals surface area (Å²) in [6.45, 7) is 18.5. The Labute approximate surface area is 374 Å². The van der Waals surface area contributed by atoms with Crippen LogP contribution in [0.4, 0.5) is 4.79 Å². The zero-order valence-electron chi connectivity index (χ0n) is 40.1. The summed E-state index contributed by atoms with van der Waals surface area (Å²) in [7, 11) is 6.87. The van der Waals surface area contributed by atoms with Crippen LogP contribution >= 0.6 is 0 Å². The molecule has 1 amide bonds. The van der Waals surface area contributed by atoms with Crippen molar-refractivity contribution >= 4 is 17.8 Å². The van der Waals surface area contributed by atoms with Gasteiger partial charge in [0, 0.05) is 63.4 Å². The van der Waals surface area contributed by atoms with E-state index in [4.69, 9.17) is 37.9 Å². The molecular formula is C47H77N3O13. The van der Waals surface area contributed by atoms with Gasteiger partial charge in [0.05, 0.1) is 47.6 Å². The second-order valence-corrected chi connectivity index (χ2v) is 19.6. The highest BCUT2D eigenvalue weighted by Crippen LogP contribution is 2.45. The monoisotopic (exact) mass is 892 g/mol. The van der Waals surface area contributed by atoms with Gasteiger partial charge in [0.2, 0.25) is 0 Å². The number of ketones is 1. The van der Waals surface area contributed by atoms with Gasteiger partial charge in [-0.3, -0.25) is 14.6 Å². The summed E-state index contributed by atoms with van der Waals surface area (Å²) >= 11 is 0. The molecule has 0 saturated carbocycles. The summed E-state index contributed by atoms with van der Waals surface area (Å²) in [4.78, 5) is 51.5. The first-order chi connectivity index (χ1) is 29.5. The normalized spacial score (nSPS) is 43.3. The Bertz CT molecular complexity index is 1690. The Kier molecular flexibility index (Phi) is 16.9. The Hall–Kier alpha value is -2.80. The van der Waals surface area contributed by atoms with Crippen LogP contribution in [0.1, 0.15) is 107 Å². The second-order valence-electron chi connectivity index (χ2n) is 19.6. The average molecular weight is 892 g/mol. The molecule has 5 heterocycles. The van der Waals surface area contributed by atoms with Crippen molar-refractivity contribution in [3.63, 3.8) is 0 Å². The van der Waals surface area contributed by atoms with Crippen LogP contribution in [-0.2, 0) is 53.9 Å². The third kappa shape index (κ3) is 10.8. The number of aromatic nitrogens is 1. The number of hydrogen-bond acceptors (Lipinski definition) is 15. The van der Waals surface area contributed by atoms with Gasteiger partial charge < -0.3 is 57.9 Å². The maximum atomic E-state index is 15.0. The van der Waals surface area contributed by atoms with Crippen molar-refractivity contribution in [2.24, 2.45) is 23.7 Å². The van der Waals surface area contributed by atoms with E-state index in [2.05, 4.69) is 4.98 Å². The van der Waals surface area contributed by atoms with Gasteiger partial charge in [-0.1, -0.05) is 27.7 Å². The summed E-state index contributed by atoms with van der Waals surface area (Å²) in [6.07, 6.45) is -2.64. The number of Topliss-reactive ketones (excluding diaryl/α,β-unsaturated/α-hetero) is 1. The molecule has 4 fully saturated rings. The van der Waals surface area contributed by atoms with Gasteiger partial charge >= 0.3 is 12.1 Å². The summed E-state index contributed by atoms with van der Waals surface area (Å²) in [5.74, 6) is -3.84. The third-order valence-electron chi connectivity index (χ3n) is 14.7. The molecule has 1 aromatic heterocycles. The number of likely N-dealkylation sites (N-methyl/N-ethyl adjacent to an activating group) is 1. The van der Waals surface area contributed by atoms with Crippen molar-refractivity contribution in [3.05, 3.63) is 30.1 Å². The van der Waals surface area contributed by atoms with Crippen LogP contribution in [-0.4, -0.2) is 162 Å². The molecule has 4 aliphatic heterocycles. The topological polar surface area (TPSA) is 185 Å². The van der Waals surface area contributed by atoms with E-state index in [0.717, 1.165) is 5.56 Å². The number of carbonyl (C=O) groups excluding carboxylic acids is 3. The Morgan fingerprint density at radius 2 is 1.56 bits per heavy atom. The van der Waals surface area contributed by atoms with Gasteiger partial charge in [0.15, 0.2) is 18.2 Å². The summed E-state index contributed by atoms with van der Waals surface area (Å²) in [5, 5.41) is 22.9. The standard InChI is InChI=1S/C47H77N3O13/c1-15-34-47(10)39(50(44(55)63-47)22-16-17-32-18-20-48-21-19-32)28(4)36(51)26(2)24-46(9,57-14)41(62-43-37(52)33(49(11)12)23-27(3)58-43)29(5)38(30(6)42(54)60-34)61-35-25-45(8,56-13)40(53)31(7)59-35/h18-21,26-31,33-35,37-41,43,52-53H,15-17,22-25H2,1-14H3/t26-,27-,28+,29+,30-,31+,33+,34-,35?,37-,38+,39+,40+,41-,43+,45-,46-,47-/m1/s1. The van der Waals surface area contributed by atoms with Gasteiger partial charge in [0.25, 0.3) is 0 Å². The van der Waals surface area contributed by atoms with Crippen molar-refractivity contribution in [1.82, 2.24) is 14.8 Å². The van der Waals surface area contributed by atoms with Crippen LogP contribution < -0.4 is 0 Å². The van der Waals surface area contributed by atoms with Gasteiger partial charge in [-0.25, -0.2) is 4.79 Å². The average Bonchev–Trinajstić information content (AvgIpc) is 3.51. The number of aliphatic hydroxyl groups is 2. The highest BCUT2D eigenvalue weighted by atomic mass is 16.7. The van der Waals surface area contributed by atoms with Crippen LogP contribution in [0, 0.1) is 23.7 Å². The fourth-order valence-corrected chi connectivity index (χ4v) is 10.9. The molecule has 16 heteroatoms. The maximum absolute atomic E-state index is 15.0. The number of methoxy groups -OCH3 is 2. The number of hydrogen-bond donors (Lipinski definition) is 2. The van der Waals surface area contributed by atoms with Crippen molar-refractivity contribution in [2.45, 2.75) is 192 Å². The van der Waals surface area contributed by atoms with Crippen molar-refractivity contribution < 1.29 is 62.5 Å². The summed E-state index contributed by atoms with van der Waals surface area (Å²) in [5.41, 5.74) is -2.62. The van der Waals surface area contributed by atoms with Crippen molar-refractivity contribution in [3.8, 4) is 0 Å². The molecule has 18 atom stereocenters. The van der Waals surface area contributed by atoms with Gasteiger partial charge in [-0.05, 0) is 105 Å². The first kappa shape index (κ1) is 51.2. The summed E-state index contributed by atoms with van der Waals surface area (Å²) < 4.78 is 51.5. The van der Waals surface area contributed by atoms with Crippen molar-refractivity contribution in [1.29, 1.82) is 0 Å². The molecule has 2 N–H and O–H groups in total. The number of pyridine rings is 1. The Morgan fingerprint density at radius 1 is 0.905 bits per heavy atom. The van der Waals surface area contributed by atoms with Crippen LogP contribution in [0.3, 0.4) is 0 Å². The van der Waals surface area contributed by atoms with E-state index in [1.165, 1.54) is 7.11 Å². The lowest BCUT2D eigenvalue weighted by Gasteiger charge is -2.50. The number of aryl methyl sites for hydroxylation is 1. The molecule has 4 saturated heterocycles. The predicted octanol–water partition coefficient (Wildman–Crippen LogP) is 4.94. The molecule has 4 aliphatic rings. The van der Waals surface area contributed by atoms with Gasteiger partial charge in [-0.2, -0.15) is 0 Å². The van der Waals surface area contributed by atoms with E-state index < -0.39 is 108 Å². The van der Waals surface area contributed by atoms with Crippen molar-refractivity contribution in [2.75, 3.05) is 34.9 Å². The van der Waals surface area contributed by atoms with E-state index in [1.807, 2.05) is 72.7 Å². The molecule has 0 radical (unpaired) electrons. The van der Waals surface area contributed by atoms with E-state index >= 15 is 0 Å². The number of rotatable bonds is 12.